The number of thiazole rings is 1. The van der Waals surface area contributed by atoms with Crippen LogP contribution in [0.3, 0.4) is 0 Å². The van der Waals surface area contributed by atoms with E-state index in [2.05, 4.69) is 67.6 Å². The molecule has 1 aromatic heterocycles. The van der Waals surface area contributed by atoms with Gasteiger partial charge >= 0.3 is 0 Å². The maximum Gasteiger partial charge on any atom is 0.261 e. The van der Waals surface area contributed by atoms with Gasteiger partial charge in [0.1, 0.15) is 0 Å². The average molecular weight is 530 g/mol. The van der Waals surface area contributed by atoms with Gasteiger partial charge in [-0.05, 0) is 92.8 Å². The van der Waals surface area contributed by atoms with Gasteiger partial charge in [0, 0.05) is 10.1 Å². The predicted octanol–water partition coefficient (Wildman–Crippen LogP) is 5.54. The first-order valence-corrected chi connectivity index (χ1v) is 10.9. The van der Waals surface area contributed by atoms with E-state index >= 15 is 0 Å². The van der Waals surface area contributed by atoms with Crippen LogP contribution in [-0.4, -0.2) is 43.0 Å². The van der Waals surface area contributed by atoms with Gasteiger partial charge in [-0.1, -0.05) is 29.5 Å². The summed E-state index contributed by atoms with van der Waals surface area (Å²) in [6.45, 7) is 5.78. The van der Waals surface area contributed by atoms with E-state index in [9.17, 15) is 4.79 Å². The van der Waals surface area contributed by atoms with Gasteiger partial charge in [-0.3, -0.25) is 9.69 Å². The lowest BCUT2D eigenvalue weighted by Crippen LogP contribution is -2.33. The highest BCUT2D eigenvalue weighted by atomic mass is 127. The Labute approximate surface area is 190 Å². The van der Waals surface area contributed by atoms with Crippen molar-refractivity contribution in [1.82, 2.24) is 9.88 Å². The molecule has 0 aliphatic carbocycles. The zero-order chi connectivity index (χ0) is 19.6. The Balaban J connectivity index is 0.00000280. The SMILES string of the molecule is Cc1ccc2sc(N(CCCN(C)C)C(=O)c3ccccc3I)nc2c1C.Cl. The molecule has 0 aliphatic rings. The molecule has 0 bridgehead atoms. The Morgan fingerprint density at radius 3 is 2.50 bits per heavy atom. The van der Waals surface area contributed by atoms with Gasteiger partial charge in [-0.15, -0.1) is 12.4 Å². The molecule has 0 fully saturated rings. The number of nitrogens with zero attached hydrogens (tertiary/aromatic N) is 3. The molecule has 0 N–H and O–H groups in total. The first kappa shape index (κ1) is 23.1. The summed E-state index contributed by atoms with van der Waals surface area (Å²) in [5, 5.41) is 0.780. The second-order valence-corrected chi connectivity index (χ2v) is 9.12. The van der Waals surface area contributed by atoms with Crippen LogP contribution in [0.4, 0.5) is 5.13 Å². The zero-order valence-electron chi connectivity index (χ0n) is 16.5. The number of carbonyl (C=O) groups is 1. The fraction of sp³-hybridized carbons (Fsp3) is 0.333. The Kier molecular flexibility index (Phi) is 8.24. The van der Waals surface area contributed by atoms with Crippen LogP contribution in [0.25, 0.3) is 10.2 Å². The van der Waals surface area contributed by atoms with Crippen molar-refractivity contribution >= 4 is 67.6 Å². The van der Waals surface area contributed by atoms with Gasteiger partial charge in [0.25, 0.3) is 5.91 Å². The lowest BCUT2D eigenvalue weighted by atomic mass is 10.1. The minimum absolute atomic E-state index is 0. The van der Waals surface area contributed by atoms with Crippen molar-refractivity contribution in [2.45, 2.75) is 20.3 Å². The van der Waals surface area contributed by atoms with E-state index in [1.165, 1.54) is 11.1 Å². The van der Waals surface area contributed by atoms with Gasteiger partial charge in [0.15, 0.2) is 5.13 Å². The van der Waals surface area contributed by atoms with Crippen molar-refractivity contribution < 1.29 is 4.79 Å². The molecule has 1 amide bonds. The quantitative estimate of drug-likeness (QED) is 0.394. The van der Waals surface area contributed by atoms with Crippen molar-refractivity contribution in [3.63, 3.8) is 0 Å². The number of aryl methyl sites for hydroxylation is 2. The Hall–Kier alpha value is -1.22. The predicted molar refractivity (Wildman–Crippen MR) is 130 cm³/mol. The molecule has 3 aromatic rings. The van der Waals surface area contributed by atoms with Crippen molar-refractivity contribution in [3.8, 4) is 0 Å². The number of aromatic nitrogens is 1. The molecule has 0 saturated carbocycles. The number of carbonyl (C=O) groups excluding carboxylic acids is 1. The maximum atomic E-state index is 13.3. The molecule has 28 heavy (non-hydrogen) atoms. The van der Waals surface area contributed by atoms with Crippen molar-refractivity contribution in [2.75, 3.05) is 32.1 Å². The number of amides is 1. The van der Waals surface area contributed by atoms with Gasteiger partial charge < -0.3 is 4.90 Å². The number of fused-ring (bicyclic) bond motifs is 1. The average Bonchev–Trinajstić information content (AvgIpc) is 3.06. The van der Waals surface area contributed by atoms with Gasteiger partial charge in [-0.2, -0.15) is 0 Å². The van der Waals surface area contributed by atoms with Crippen LogP contribution in [0.1, 0.15) is 27.9 Å². The van der Waals surface area contributed by atoms with E-state index in [1.807, 2.05) is 29.2 Å². The van der Waals surface area contributed by atoms with Gasteiger partial charge in [0.2, 0.25) is 0 Å². The molecular formula is C21H25ClIN3OS. The minimum atomic E-state index is 0. The fourth-order valence-corrected chi connectivity index (χ4v) is 4.61. The Morgan fingerprint density at radius 2 is 1.82 bits per heavy atom. The van der Waals surface area contributed by atoms with E-state index < -0.39 is 0 Å². The number of benzene rings is 2. The summed E-state index contributed by atoms with van der Waals surface area (Å²) in [5.74, 6) is 0.0205. The van der Waals surface area contributed by atoms with Gasteiger partial charge in [-0.25, -0.2) is 4.98 Å². The smallest absolute Gasteiger partial charge is 0.261 e. The summed E-state index contributed by atoms with van der Waals surface area (Å²) in [5.41, 5.74) is 4.14. The number of hydrogen-bond donors (Lipinski definition) is 0. The second-order valence-electron chi connectivity index (χ2n) is 6.94. The van der Waals surface area contributed by atoms with E-state index in [0.29, 0.717) is 6.54 Å². The van der Waals surface area contributed by atoms with E-state index in [1.54, 1.807) is 11.3 Å². The fourth-order valence-electron chi connectivity index (χ4n) is 2.94. The molecule has 0 spiro atoms. The third-order valence-corrected chi connectivity index (χ3v) is 6.63. The van der Waals surface area contributed by atoms with Crippen LogP contribution in [0.2, 0.25) is 0 Å². The number of halogens is 2. The van der Waals surface area contributed by atoms with Crippen LogP contribution >= 0.6 is 46.3 Å². The highest BCUT2D eigenvalue weighted by Crippen LogP contribution is 2.33. The molecule has 0 aliphatic heterocycles. The third kappa shape index (κ3) is 5.03. The number of hydrogen-bond acceptors (Lipinski definition) is 4. The highest BCUT2D eigenvalue weighted by Gasteiger charge is 2.23. The number of anilines is 1. The highest BCUT2D eigenvalue weighted by molar-refractivity contribution is 14.1. The standard InChI is InChI=1S/C21H24IN3OS.ClH/c1-14-10-11-18-19(15(14)2)23-21(27-18)25(13-7-12-24(3)4)20(26)16-8-5-6-9-17(16)22;/h5-6,8-11H,7,12-13H2,1-4H3;1H. The van der Waals surface area contributed by atoms with Crippen LogP contribution in [0.15, 0.2) is 36.4 Å². The number of rotatable bonds is 6. The molecule has 0 radical (unpaired) electrons. The maximum absolute atomic E-state index is 13.3. The third-order valence-electron chi connectivity index (χ3n) is 4.64. The summed E-state index contributed by atoms with van der Waals surface area (Å²) in [7, 11) is 4.10. The van der Waals surface area contributed by atoms with E-state index in [4.69, 9.17) is 4.98 Å². The van der Waals surface area contributed by atoms with Crippen LogP contribution in [0.5, 0.6) is 0 Å². The normalized spacial score (nSPS) is 10.9. The topological polar surface area (TPSA) is 36.4 Å². The van der Waals surface area contributed by atoms with Crippen LogP contribution in [-0.2, 0) is 0 Å². The summed E-state index contributed by atoms with van der Waals surface area (Å²) >= 11 is 3.82. The lowest BCUT2D eigenvalue weighted by molar-refractivity contribution is 0.0985. The largest absolute Gasteiger partial charge is 0.309 e. The Morgan fingerprint density at radius 1 is 1.11 bits per heavy atom. The summed E-state index contributed by atoms with van der Waals surface area (Å²) < 4.78 is 2.09. The van der Waals surface area contributed by atoms with Crippen LogP contribution < -0.4 is 4.90 Å². The first-order valence-electron chi connectivity index (χ1n) is 8.96. The molecule has 150 valence electrons. The second kappa shape index (κ2) is 10.0. The van der Waals surface area contributed by atoms with E-state index in [0.717, 1.165) is 37.4 Å². The minimum Gasteiger partial charge on any atom is -0.309 e. The monoisotopic (exact) mass is 529 g/mol. The molecule has 0 saturated heterocycles. The molecule has 0 unspecified atom stereocenters. The summed E-state index contributed by atoms with van der Waals surface area (Å²) in [6, 6.07) is 12.0. The molecule has 7 heteroatoms. The van der Waals surface area contributed by atoms with E-state index in [-0.39, 0.29) is 18.3 Å². The zero-order valence-corrected chi connectivity index (χ0v) is 20.3. The molecule has 1 heterocycles. The summed E-state index contributed by atoms with van der Waals surface area (Å²) in [4.78, 5) is 22.2. The van der Waals surface area contributed by atoms with Crippen molar-refractivity contribution in [1.29, 1.82) is 0 Å². The molecule has 4 nitrogen and oxygen atoms in total. The molecule has 0 atom stereocenters. The van der Waals surface area contributed by atoms with Gasteiger partial charge in [0.05, 0.1) is 15.8 Å². The Bertz CT molecular complexity index is 973. The summed E-state index contributed by atoms with van der Waals surface area (Å²) in [6.07, 6.45) is 0.899. The molecular weight excluding hydrogens is 505 g/mol. The van der Waals surface area contributed by atoms with Crippen molar-refractivity contribution in [2.24, 2.45) is 0 Å². The lowest BCUT2D eigenvalue weighted by Gasteiger charge is -2.21. The molecule has 3 rings (SSSR count). The van der Waals surface area contributed by atoms with Crippen molar-refractivity contribution in [3.05, 3.63) is 56.7 Å². The molecule has 2 aromatic carbocycles. The van der Waals surface area contributed by atoms with Crippen LogP contribution in [0, 0.1) is 17.4 Å². The first-order chi connectivity index (χ1) is 12.9.